The third-order valence-corrected chi connectivity index (χ3v) is 6.18. The van der Waals surface area contributed by atoms with E-state index >= 15 is 0 Å². The van der Waals surface area contributed by atoms with Crippen LogP contribution >= 0.6 is 11.3 Å². The maximum atomic E-state index is 12.6. The molecule has 1 saturated heterocycles. The fourth-order valence-electron chi connectivity index (χ4n) is 2.82. The van der Waals surface area contributed by atoms with Crippen LogP contribution in [0, 0.1) is 5.92 Å². The minimum absolute atomic E-state index is 0.0755. The summed E-state index contributed by atoms with van der Waals surface area (Å²) in [4.78, 5) is 26.6. The average Bonchev–Trinajstić information content (AvgIpc) is 3.29. The molecule has 144 valence electrons. The first kappa shape index (κ1) is 19.3. The number of anilines is 2. The standard InChI is InChI=1S/C19H24N4O3S/c1-5-19(2,3)17-21-22-18(27-17)20-16(25)12-9-15(24)23(11-12)13-7-6-8-14(10-13)26-4/h6-8,10,12H,5,9,11H2,1-4H3,(H,20,22,25)/t12-/m0/s1. The van der Waals surface area contributed by atoms with E-state index in [0.29, 0.717) is 17.4 Å². The third-order valence-electron chi connectivity index (χ3n) is 4.98. The zero-order valence-electron chi connectivity index (χ0n) is 16.0. The lowest BCUT2D eigenvalue weighted by atomic mass is 9.91. The van der Waals surface area contributed by atoms with Gasteiger partial charge in [0.2, 0.25) is 16.9 Å². The molecule has 7 nitrogen and oxygen atoms in total. The number of amides is 2. The maximum Gasteiger partial charge on any atom is 0.231 e. The van der Waals surface area contributed by atoms with Crippen molar-refractivity contribution in [1.82, 2.24) is 10.2 Å². The average molecular weight is 388 g/mol. The Morgan fingerprint density at radius 3 is 2.89 bits per heavy atom. The van der Waals surface area contributed by atoms with Crippen LogP contribution in [0.15, 0.2) is 24.3 Å². The number of hydrogen-bond donors (Lipinski definition) is 1. The van der Waals surface area contributed by atoms with E-state index in [0.717, 1.165) is 17.1 Å². The first-order valence-electron chi connectivity index (χ1n) is 8.93. The number of benzene rings is 1. The molecular formula is C19H24N4O3S. The van der Waals surface area contributed by atoms with Gasteiger partial charge >= 0.3 is 0 Å². The third kappa shape index (κ3) is 4.10. The van der Waals surface area contributed by atoms with Gasteiger partial charge in [-0.3, -0.25) is 9.59 Å². The predicted octanol–water partition coefficient (Wildman–Crippen LogP) is 3.23. The van der Waals surface area contributed by atoms with Crippen molar-refractivity contribution in [2.75, 3.05) is 23.9 Å². The Hall–Kier alpha value is -2.48. The first-order valence-corrected chi connectivity index (χ1v) is 9.75. The van der Waals surface area contributed by atoms with E-state index < -0.39 is 5.92 Å². The van der Waals surface area contributed by atoms with E-state index in [2.05, 4.69) is 36.3 Å². The summed E-state index contributed by atoms with van der Waals surface area (Å²) in [7, 11) is 1.58. The van der Waals surface area contributed by atoms with Gasteiger partial charge in [0.1, 0.15) is 10.8 Å². The highest BCUT2D eigenvalue weighted by Crippen LogP contribution is 2.32. The summed E-state index contributed by atoms with van der Waals surface area (Å²) < 4.78 is 5.21. The Balaban J connectivity index is 1.67. The van der Waals surface area contributed by atoms with Crippen LogP contribution in [0.25, 0.3) is 0 Å². The van der Waals surface area contributed by atoms with Gasteiger partial charge in [-0.1, -0.05) is 38.2 Å². The van der Waals surface area contributed by atoms with Crippen LogP contribution in [-0.4, -0.2) is 35.7 Å². The summed E-state index contributed by atoms with van der Waals surface area (Å²) in [5.74, 6) is -0.0254. The maximum absolute atomic E-state index is 12.6. The lowest BCUT2D eigenvalue weighted by molar-refractivity contribution is -0.122. The summed E-state index contributed by atoms with van der Waals surface area (Å²) in [6.07, 6.45) is 1.11. The number of hydrogen-bond acceptors (Lipinski definition) is 6. The van der Waals surface area contributed by atoms with Crippen LogP contribution < -0.4 is 15.0 Å². The largest absolute Gasteiger partial charge is 0.497 e. The van der Waals surface area contributed by atoms with Crippen molar-refractivity contribution in [3.05, 3.63) is 29.3 Å². The van der Waals surface area contributed by atoms with Gasteiger partial charge in [0.15, 0.2) is 0 Å². The monoisotopic (exact) mass is 388 g/mol. The molecular weight excluding hydrogens is 364 g/mol. The molecule has 0 aliphatic carbocycles. The molecule has 1 aromatic heterocycles. The Kier molecular flexibility index (Phi) is 5.46. The number of carbonyl (C=O) groups is 2. The van der Waals surface area contributed by atoms with Crippen molar-refractivity contribution in [2.45, 2.75) is 39.0 Å². The molecule has 1 aliphatic rings. The fraction of sp³-hybridized carbons (Fsp3) is 0.474. The highest BCUT2D eigenvalue weighted by molar-refractivity contribution is 7.15. The number of ether oxygens (including phenoxy) is 1. The zero-order valence-corrected chi connectivity index (χ0v) is 16.8. The SMILES string of the molecule is CCC(C)(C)c1nnc(NC(=O)[C@H]2CC(=O)N(c3cccc(OC)c3)C2)s1. The quantitative estimate of drug-likeness (QED) is 0.821. The van der Waals surface area contributed by atoms with Crippen LogP contribution in [0.5, 0.6) is 5.75 Å². The number of nitrogens with zero attached hydrogens (tertiary/aromatic N) is 3. The highest BCUT2D eigenvalue weighted by atomic mass is 32.1. The second-order valence-electron chi connectivity index (χ2n) is 7.25. The molecule has 2 amide bonds. The van der Waals surface area contributed by atoms with Crippen LogP contribution in [0.2, 0.25) is 0 Å². The normalized spacial score (nSPS) is 17.3. The molecule has 2 aromatic rings. The number of methoxy groups -OCH3 is 1. The van der Waals surface area contributed by atoms with Gasteiger partial charge in [-0.25, -0.2) is 0 Å². The minimum Gasteiger partial charge on any atom is -0.497 e. The van der Waals surface area contributed by atoms with Gasteiger partial charge in [0, 0.05) is 30.1 Å². The van der Waals surface area contributed by atoms with Crippen LogP contribution in [0.1, 0.15) is 38.6 Å². The second-order valence-corrected chi connectivity index (χ2v) is 8.22. The van der Waals surface area contributed by atoms with E-state index in [1.165, 1.54) is 11.3 Å². The number of nitrogens with one attached hydrogen (secondary N) is 1. The first-order chi connectivity index (χ1) is 12.8. The van der Waals surface area contributed by atoms with Crippen molar-refractivity contribution >= 4 is 34.0 Å². The molecule has 0 spiro atoms. The van der Waals surface area contributed by atoms with E-state index in [1.807, 2.05) is 18.2 Å². The molecule has 27 heavy (non-hydrogen) atoms. The Morgan fingerprint density at radius 2 is 2.19 bits per heavy atom. The summed E-state index contributed by atoms with van der Waals surface area (Å²) in [5, 5.41) is 12.5. The molecule has 1 N–H and O–H groups in total. The molecule has 3 rings (SSSR count). The number of aromatic nitrogens is 2. The Labute approximate surface area is 162 Å². The van der Waals surface area contributed by atoms with Crippen LogP contribution in [-0.2, 0) is 15.0 Å². The second kappa shape index (κ2) is 7.64. The molecule has 8 heteroatoms. The van der Waals surface area contributed by atoms with Crippen molar-refractivity contribution in [3.8, 4) is 5.75 Å². The molecule has 0 unspecified atom stereocenters. The van der Waals surface area contributed by atoms with Crippen molar-refractivity contribution in [1.29, 1.82) is 0 Å². The van der Waals surface area contributed by atoms with Crippen molar-refractivity contribution < 1.29 is 14.3 Å². The smallest absolute Gasteiger partial charge is 0.231 e. The summed E-state index contributed by atoms with van der Waals surface area (Å²) >= 11 is 1.39. The summed E-state index contributed by atoms with van der Waals surface area (Å²) in [6, 6.07) is 7.28. The molecule has 1 fully saturated rings. The van der Waals surface area contributed by atoms with E-state index in [1.54, 1.807) is 18.1 Å². The van der Waals surface area contributed by atoms with Crippen LogP contribution in [0.4, 0.5) is 10.8 Å². The van der Waals surface area contributed by atoms with Gasteiger partial charge in [0.25, 0.3) is 0 Å². The molecule has 1 aromatic carbocycles. The van der Waals surface area contributed by atoms with Gasteiger partial charge in [-0.05, 0) is 18.6 Å². The van der Waals surface area contributed by atoms with Crippen molar-refractivity contribution in [2.24, 2.45) is 5.92 Å². The molecule has 2 heterocycles. The zero-order chi connectivity index (χ0) is 19.6. The molecule has 0 bridgehead atoms. The lowest BCUT2D eigenvalue weighted by Gasteiger charge is -2.18. The van der Waals surface area contributed by atoms with E-state index in [9.17, 15) is 9.59 Å². The molecule has 0 radical (unpaired) electrons. The van der Waals surface area contributed by atoms with Gasteiger partial charge in [0.05, 0.1) is 13.0 Å². The summed E-state index contributed by atoms with van der Waals surface area (Å²) in [6.45, 7) is 6.63. The predicted molar refractivity (Wildman–Crippen MR) is 105 cm³/mol. The number of rotatable bonds is 6. The van der Waals surface area contributed by atoms with E-state index in [-0.39, 0.29) is 23.7 Å². The Morgan fingerprint density at radius 1 is 1.41 bits per heavy atom. The lowest BCUT2D eigenvalue weighted by Crippen LogP contribution is -2.28. The van der Waals surface area contributed by atoms with E-state index in [4.69, 9.17) is 4.74 Å². The topological polar surface area (TPSA) is 84.4 Å². The molecule has 1 aliphatic heterocycles. The van der Waals surface area contributed by atoms with Gasteiger partial charge < -0.3 is 15.0 Å². The fourth-order valence-corrected chi connectivity index (χ4v) is 3.74. The Bertz CT molecular complexity index is 849. The minimum atomic E-state index is -0.421. The van der Waals surface area contributed by atoms with Gasteiger partial charge in [-0.2, -0.15) is 0 Å². The van der Waals surface area contributed by atoms with Gasteiger partial charge in [-0.15, -0.1) is 10.2 Å². The summed E-state index contributed by atoms with van der Waals surface area (Å²) in [5.41, 5.74) is 0.658. The van der Waals surface area contributed by atoms with Crippen molar-refractivity contribution in [3.63, 3.8) is 0 Å². The number of carbonyl (C=O) groups excluding carboxylic acids is 2. The molecule has 1 atom stereocenters. The van der Waals surface area contributed by atoms with Crippen LogP contribution in [0.3, 0.4) is 0 Å². The molecule has 0 saturated carbocycles. The highest BCUT2D eigenvalue weighted by Gasteiger charge is 2.36.